The van der Waals surface area contributed by atoms with Crippen LogP contribution in [0.15, 0.2) is 34.5 Å². The fourth-order valence-electron chi connectivity index (χ4n) is 6.20. The van der Waals surface area contributed by atoms with Crippen LogP contribution in [0.25, 0.3) is 23.0 Å². The Morgan fingerprint density at radius 3 is 2.59 bits per heavy atom. The van der Waals surface area contributed by atoms with Gasteiger partial charge in [0.1, 0.15) is 7.28 Å². The maximum atomic E-state index is 14.3. The third kappa shape index (κ3) is 6.62. The van der Waals surface area contributed by atoms with Crippen LogP contribution < -0.4 is 16.2 Å². The van der Waals surface area contributed by atoms with Crippen LogP contribution in [0.4, 0.5) is 0 Å². The fraction of sp³-hybridized carbons (Fsp3) is 0.414. The second kappa shape index (κ2) is 12.4. The zero-order valence-corrected chi connectivity index (χ0v) is 25.6. The van der Waals surface area contributed by atoms with Gasteiger partial charge in [0, 0.05) is 22.9 Å². The number of benzene rings is 1. The van der Waals surface area contributed by atoms with Crippen LogP contribution in [0.3, 0.4) is 0 Å². The van der Waals surface area contributed by atoms with E-state index >= 15 is 0 Å². The first kappa shape index (κ1) is 32.3. The van der Waals surface area contributed by atoms with E-state index in [0.717, 1.165) is 43.9 Å². The molecular formula is C29H32B4N4O6S. The van der Waals surface area contributed by atoms with E-state index in [9.17, 15) is 30.0 Å². The lowest BCUT2D eigenvalue weighted by molar-refractivity contribution is -0.195. The molecule has 2 amide bonds. The Balaban J connectivity index is 1.60. The molecule has 6 radical (unpaired) electrons. The summed E-state index contributed by atoms with van der Waals surface area (Å²) in [7, 11) is 15.0. The number of amides is 2. The summed E-state index contributed by atoms with van der Waals surface area (Å²) in [5.74, 6) is -8.30. The van der Waals surface area contributed by atoms with Crippen LogP contribution in [0, 0.1) is 5.92 Å². The van der Waals surface area contributed by atoms with Crippen molar-refractivity contribution in [3.8, 4) is 16.9 Å². The Labute approximate surface area is 264 Å². The van der Waals surface area contributed by atoms with Crippen LogP contribution in [0.1, 0.15) is 61.1 Å². The largest absolute Gasteiger partial charge is 0.358 e. The number of nitrogens with one attached hydrogen (secondary N) is 1. The number of nitrogens with zero attached hydrogens (tertiary/aromatic N) is 3. The van der Waals surface area contributed by atoms with Crippen LogP contribution in [0.5, 0.6) is 0 Å². The topological polar surface area (TPSA) is 148 Å². The van der Waals surface area contributed by atoms with Crippen molar-refractivity contribution in [1.29, 1.82) is 0 Å². The first-order valence-electron chi connectivity index (χ1n) is 14.4. The third-order valence-corrected chi connectivity index (χ3v) is 8.66. The predicted molar refractivity (Wildman–Crippen MR) is 172 cm³/mol. The van der Waals surface area contributed by atoms with Gasteiger partial charge in [-0.15, -0.1) is 0 Å². The molecular weight excluding hydrogens is 576 g/mol. The van der Waals surface area contributed by atoms with Crippen molar-refractivity contribution in [1.82, 2.24) is 20.0 Å². The number of hydrogen-bond donors (Lipinski definition) is 5. The van der Waals surface area contributed by atoms with Crippen LogP contribution in [0.2, 0.25) is 6.82 Å². The summed E-state index contributed by atoms with van der Waals surface area (Å²) in [4.78, 5) is 27.7. The summed E-state index contributed by atoms with van der Waals surface area (Å²) in [5.41, 5.74) is 7.19. The highest BCUT2D eigenvalue weighted by molar-refractivity contribution is 7.08. The molecule has 5 rings (SSSR count). The fourth-order valence-corrected chi connectivity index (χ4v) is 6.81. The van der Waals surface area contributed by atoms with Gasteiger partial charge >= 0.3 is 0 Å². The number of aliphatic hydroxyl groups is 4. The first-order valence-corrected chi connectivity index (χ1v) is 15.4. The summed E-state index contributed by atoms with van der Waals surface area (Å²) >= 11 is 1.48. The molecule has 5 N–H and O–H groups in total. The number of allylic oxidation sites excluding steroid dienone is 1. The average Bonchev–Trinajstić information content (AvgIpc) is 3.59. The van der Waals surface area contributed by atoms with E-state index < -0.39 is 35.4 Å². The molecule has 0 unspecified atom stereocenters. The van der Waals surface area contributed by atoms with Crippen molar-refractivity contribution < 1.29 is 30.0 Å². The standard InChI is InChI=1S/C29H32B4N4O6S/c1-15(2)9-17-11-20-23(12-22(17)32-3)33-13-21-24(35-37(25(20)21)19-7-8-44-14-19)27(39)36(29(31,42)43)18-6-4-5-16(10-18)26(38)34-28(30,40)41/h7-9,11-12,14,16,18,40-43H,4-6,10,13H2,1-3H3,(H,34,38)/t16-,18+/m0/s1. The summed E-state index contributed by atoms with van der Waals surface area (Å²) < 4.78 is 1.71. The summed E-state index contributed by atoms with van der Waals surface area (Å²) in [6, 6.07) is 5.21. The van der Waals surface area contributed by atoms with Gasteiger partial charge in [-0.2, -0.15) is 16.4 Å². The van der Waals surface area contributed by atoms with Crippen molar-refractivity contribution in [3.63, 3.8) is 0 Å². The Hall–Kier alpha value is -3.09. The monoisotopic (exact) mass is 608 g/mol. The molecule has 0 bridgehead atoms. The van der Waals surface area contributed by atoms with Crippen molar-refractivity contribution in [2.24, 2.45) is 5.92 Å². The number of hydrogen-bond acceptors (Lipinski definition) is 8. The van der Waals surface area contributed by atoms with E-state index in [2.05, 4.69) is 25.5 Å². The van der Waals surface area contributed by atoms with E-state index in [0.29, 0.717) is 31.1 Å². The summed E-state index contributed by atoms with van der Waals surface area (Å²) in [6.07, 6.45) is 3.58. The van der Waals surface area contributed by atoms with E-state index in [1.165, 1.54) is 11.3 Å². The van der Waals surface area contributed by atoms with E-state index in [4.69, 9.17) is 20.8 Å². The lowest BCUT2D eigenvalue weighted by Crippen LogP contribution is -2.59. The van der Waals surface area contributed by atoms with Crippen LogP contribution >= 0.6 is 11.3 Å². The molecule has 222 valence electrons. The normalized spacial score (nSPS) is 18.0. The number of thiophene rings is 1. The third-order valence-electron chi connectivity index (χ3n) is 7.99. The van der Waals surface area contributed by atoms with Gasteiger partial charge in [0.2, 0.25) is 5.91 Å². The maximum absolute atomic E-state index is 14.3. The van der Waals surface area contributed by atoms with Crippen molar-refractivity contribution in [2.75, 3.05) is 0 Å². The molecule has 1 aromatic carbocycles. The molecule has 15 heteroatoms. The minimum atomic E-state index is -3.07. The molecule has 1 fully saturated rings. The highest BCUT2D eigenvalue weighted by atomic mass is 32.1. The number of carbonyl (C=O) groups is 2. The second-order valence-electron chi connectivity index (χ2n) is 11.7. The SMILES string of the molecule is [B]C(O)(O)NC(=O)[C@H]1CCC[C@@H](N(C(=O)c2nn(-c3ccsc3)c3c2C[B]c2cc([B]C)c(C=C(C)C)cc2-3)C([B])(O)O)C1. The number of carbonyl (C=O) groups excluding carboxylic acids is 2. The Kier molecular flexibility index (Phi) is 9.08. The van der Waals surface area contributed by atoms with Gasteiger partial charge in [-0.25, -0.2) is 4.68 Å². The quantitative estimate of drug-likeness (QED) is 0.177. The van der Waals surface area contributed by atoms with Gasteiger partial charge in [-0.1, -0.05) is 41.9 Å². The van der Waals surface area contributed by atoms with Gasteiger partial charge in [0.15, 0.2) is 40.3 Å². The van der Waals surface area contributed by atoms with Gasteiger partial charge in [-0.05, 0) is 68.1 Å². The van der Waals surface area contributed by atoms with Gasteiger partial charge in [-0.3, -0.25) is 14.5 Å². The van der Waals surface area contributed by atoms with E-state index in [-0.39, 0.29) is 12.1 Å². The van der Waals surface area contributed by atoms with Gasteiger partial charge in [0.05, 0.1) is 11.4 Å². The Morgan fingerprint density at radius 1 is 1.23 bits per heavy atom. The highest BCUT2D eigenvalue weighted by Gasteiger charge is 2.43. The Morgan fingerprint density at radius 2 is 1.98 bits per heavy atom. The van der Waals surface area contributed by atoms with Crippen LogP contribution in [-0.2, 0) is 11.1 Å². The molecule has 1 aliphatic heterocycles. The molecule has 2 aliphatic rings. The molecule has 3 heterocycles. The van der Waals surface area contributed by atoms with Gasteiger partial charge in [0.25, 0.3) is 5.91 Å². The minimum absolute atomic E-state index is 0.0131. The van der Waals surface area contributed by atoms with E-state index in [1.54, 1.807) is 4.68 Å². The van der Waals surface area contributed by atoms with Crippen molar-refractivity contribution in [2.45, 2.75) is 70.3 Å². The summed E-state index contributed by atoms with van der Waals surface area (Å²) in [6.45, 7) is 6.04. The van der Waals surface area contributed by atoms with Crippen molar-refractivity contribution >= 4 is 70.4 Å². The molecule has 2 aromatic heterocycles. The maximum Gasteiger partial charge on any atom is 0.278 e. The molecule has 1 saturated carbocycles. The van der Waals surface area contributed by atoms with Gasteiger partial charge < -0.3 is 25.7 Å². The average molecular weight is 608 g/mol. The number of rotatable bonds is 8. The smallest absolute Gasteiger partial charge is 0.278 e. The van der Waals surface area contributed by atoms with Crippen LogP contribution in [-0.4, -0.2) is 94.8 Å². The lowest BCUT2D eigenvalue weighted by atomic mass is 9.56. The zero-order valence-electron chi connectivity index (χ0n) is 24.8. The van der Waals surface area contributed by atoms with E-state index in [1.807, 2.05) is 50.1 Å². The molecule has 0 saturated heterocycles. The molecule has 0 spiro atoms. The predicted octanol–water partition coefficient (Wildman–Crippen LogP) is -0.109. The minimum Gasteiger partial charge on any atom is -0.358 e. The Bertz CT molecular complexity index is 1590. The zero-order chi connectivity index (χ0) is 32.0. The molecule has 44 heavy (non-hydrogen) atoms. The highest BCUT2D eigenvalue weighted by Crippen LogP contribution is 2.36. The lowest BCUT2D eigenvalue weighted by Gasteiger charge is -2.42. The molecule has 1 aliphatic carbocycles. The molecule has 3 aromatic rings. The molecule has 2 atom stereocenters. The summed E-state index contributed by atoms with van der Waals surface area (Å²) in [5, 5.41) is 50.7. The van der Waals surface area contributed by atoms with Crippen molar-refractivity contribution in [3.05, 3.63) is 51.4 Å². The second-order valence-corrected chi connectivity index (χ2v) is 12.4. The molecule has 10 nitrogen and oxygen atoms in total. The number of fused-ring (bicyclic) bond motifs is 3. The number of aromatic nitrogens is 2. The first-order chi connectivity index (χ1) is 20.7.